The van der Waals surface area contributed by atoms with Crippen LogP contribution in [0.2, 0.25) is 0 Å². The molecule has 0 radical (unpaired) electrons. The molecule has 3 rings (SSSR count). The Morgan fingerprint density at radius 2 is 1.94 bits per heavy atom. The number of hydrogen-bond donors (Lipinski definition) is 0. The second-order valence-corrected chi connectivity index (χ2v) is 4.78. The molecular weight excluding hydrogens is 214 g/mol. The Balaban J connectivity index is 2.33. The lowest BCUT2D eigenvalue weighted by Gasteiger charge is -2.13. The predicted molar refractivity (Wildman–Crippen MR) is 68.8 cm³/mol. The number of nitrogens with zero attached hydrogens (tertiary/aromatic N) is 1. The van der Waals surface area contributed by atoms with Gasteiger partial charge < -0.3 is 9.32 Å². The molecule has 3 heteroatoms. The van der Waals surface area contributed by atoms with Gasteiger partial charge in [-0.15, -0.1) is 0 Å². The van der Waals surface area contributed by atoms with E-state index in [9.17, 15) is 4.79 Å². The molecule has 2 aromatic rings. The van der Waals surface area contributed by atoms with Crippen molar-refractivity contribution in [1.82, 2.24) is 0 Å². The second kappa shape index (κ2) is 3.62. The van der Waals surface area contributed by atoms with Gasteiger partial charge in [-0.05, 0) is 37.0 Å². The lowest BCUT2D eigenvalue weighted by atomic mass is 10.1. The fourth-order valence-corrected chi connectivity index (χ4v) is 2.55. The van der Waals surface area contributed by atoms with Gasteiger partial charge in [-0.25, -0.2) is 4.79 Å². The Hall–Kier alpha value is -1.77. The summed E-state index contributed by atoms with van der Waals surface area (Å²) < 4.78 is 5.41. The van der Waals surface area contributed by atoms with Gasteiger partial charge in [0.25, 0.3) is 0 Å². The molecule has 0 saturated carbocycles. The number of aryl methyl sites for hydroxylation is 1. The van der Waals surface area contributed by atoms with E-state index < -0.39 is 0 Å². The topological polar surface area (TPSA) is 33.5 Å². The third-order valence-electron chi connectivity index (χ3n) is 3.47. The zero-order chi connectivity index (χ0) is 12.0. The van der Waals surface area contributed by atoms with Crippen molar-refractivity contribution in [2.45, 2.75) is 19.3 Å². The Bertz CT molecular complexity index is 640. The molecular formula is C14H15NO2. The summed E-state index contributed by atoms with van der Waals surface area (Å²) >= 11 is 0. The summed E-state index contributed by atoms with van der Waals surface area (Å²) in [6, 6.07) is 6.08. The smallest absolute Gasteiger partial charge is 0.339 e. The molecule has 1 aromatic carbocycles. The first kappa shape index (κ1) is 10.4. The second-order valence-electron chi connectivity index (χ2n) is 4.78. The quantitative estimate of drug-likeness (QED) is 0.704. The highest BCUT2D eigenvalue weighted by molar-refractivity contribution is 5.84. The van der Waals surface area contributed by atoms with Crippen LogP contribution in [0.25, 0.3) is 11.0 Å². The predicted octanol–water partition coefficient (Wildman–Crippen LogP) is 2.35. The fraction of sp³-hybridized carbons (Fsp3) is 0.357. The first-order valence-electron chi connectivity index (χ1n) is 5.93. The van der Waals surface area contributed by atoms with Crippen molar-refractivity contribution in [3.63, 3.8) is 0 Å². The highest BCUT2D eigenvalue weighted by atomic mass is 16.4. The van der Waals surface area contributed by atoms with Gasteiger partial charge in [-0.2, -0.15) is 0 Å². The third-order valence-corrected chi connectivity index (χ3v) is 3.47. The van der Waals surface area contributed by atoms with E-state index in [0.29, 0.717) is 5.58 Å². The van der Waals surface area contributed by atoms with Gasteiger partial charge in [0.1, 0.15) is 5.58 Å². The Labute approximate surface area is 99.7 Å². The molecule has 1 heterocycles. The minimum atomic E-state index is -0.152. The molecule has 1 aromatic heterocycles. The summed E-state index contributed by atoms with van der Waals surface area (Å²) in [5, 5.41) is 1.10. The summed E-state index contributed by atoms with van der Waals surface area (Å²) in [6.07, 6.45) is 2.93. The van der Waals surface area contributed by atoms with Crippen LogP contribution in [0.3, 0.4) is 0 Å². The summed E-state index contributed by atoms with van der Waals surface area (Å²) in [5.74, 6) is 0. The lowest BCUT2D eigenvalue weighted by molar-refractivity contribution is 0.552. The first-order chi connectivity index (χ1) is 8.16. The summed E-state index contributed by atoms with van der Waals surface area (Å²) in [7, 11) is 3.96. The molecule has 0 saturated heterocycles. The molecule has 1 aliphatic rings. The summed E-state index contributed by atoms with van der Waals surface area (Å²) in [4.78, 5) is 13.8. The third kappa shape index (κ3) is 1.54. The number of benzene rings is 1. The zero-order valence-corrected chi connectivity index (χ0v) is 10.1. The highest BCUT2D eigenvalue weighted by Crippen LogP contribution is 2.29. The molecule has 0 atom stereocenters. The molecule has 0 aliphatic heterocycles. The van der Waals surface area contributed by atoms with E-state index >= 15 is 0 Å². The molecule has 0 fully saturated rings. The number of fused-ring (bicyclic) bond motifs is 3. The average Bonchev–Trinajstić information content (AvgIpc) is 2.78. The van der Waals surface area contributed by atoms with E-state index in [0.717, 1.165) is 35.9 Å². The van der Waals surface area contributed by atoms with Crippen molar-refractivity contribution in [2.24, 2.45) is 0 Å². The zero-order valence-electron chi connectivity index (χ0n) is 10.1. The Kier molecular flexibility index (Phi) is 2.21. The number of anilines is 1. The van der Waals surface area contributed by atoms with Crippen LogP contribution in [0, 0.1) is 0 Å². The standard InChI is InChI=1S/C14H15NO2/c1-15(2)9-6-7-11-10-4-3-5-12(10)14(16)17-13(11)8-9/h6-8H,3-5H2,1-2H3. The van der Waals surface area contributed by atoms with E-state index in [-0.39, 0.29) is 5.63 Å². The molecule has 0 N–H and O–H groups in total. The summed E-state index contributed by atoms with van der Waals surface area (Å²) in [6.45, 7) is 0. The maximum atomic E-state index is 11.8. The van der Waals surface area contributed by atoms with Gasteiger partial charge in [-0.1, -0.05) is 0 Å². The maximum absolute atomic E-state index is 11.8. The maximum Gasteiger partial charge on any atom is 0.339 e. The minimum absolute atomic E-state index is 0.152. The Morgan fingerprint density at radius 3 is 2.71 bits per heavy atom. The molecule has 0 amide bonds. The molecule has 0 spiro atoms. The van der Waals surface area contributed by atoms with Crippen LogP contribution in [-0.2, 0) is 12.8 Å². The highest BCUT2D eigenvalue weighted by Gasteiger charge is 2.19. The normalized spacial score (nSPS) is 14.0. The van der Waals surface area contributed by atoms with E-state index in [4.69, 9.17) is 4.42 Å². The average molecular weight is 229 g/mol. The van der Waals surface area contributed by atoms with Gasteiger partial charge >= 0.3 is 5.63 Å². The SMILES string of the molecule is CN(C)c1ccc2c3c(c(=O)oc2c1)CCC3. The lowest BCUT2D eigenvalue weighted by Crippen LogP contribution is -2.10. The van der Waals surface area contributed by atoms with Crippen LogP contribution in [0.5, 0.6) is 0 Å². The van der Waals surface area contributed by atoms with Gasteiger partial charge in [0.2, 0.25) is 0 Å². The van der Waals surface area contributed by atoms with Gasteiger partial charge in [0, 0.05) is 36.8 Å². The van der Waals surface area contributed by atoms with Crippen molar-refractivity contribution in [1.29, 1.82) is 0 Å². The van der Waals surface area contributed by atoms with Crippen molar-refractivity contribution in [3.05, 3.63) is 39.7 Å². The van der Waals surface area contributed by atoms with Crippen molar-refractivity contribution < 1.29 is 4.42 Å². The van der Waals surface area contributed by atoms with Gasteiger partial charge in [0.15, 0.2) is 0 Å². The molecule has 3 nitrogen and oxygen atoms in total. The van der Waals surface area contributed by atoms with Crippen molar-refractivity contribution in [2.75, 3.05) is 19.0 Å². The van der Waals surface area contributed by atoms with Crippen LogP contribution in [0.1, 0.15) is 17.5 Å². The Morgan fingerprint density at radius 1 is 1.18 bits per heavy atom. The molecule has 0 unspecified atom stereocenters. The van der Waals surface area contributed by atoms with Crippen molar-refractivity contribution >= 4 is 16.7 Å². The van der Waals surface area contributed by atoms with Crippen LogP contribution in [-0.4, -0.2) is 14.1 Å². The molecule has 0 bridgehead atoms. The van der Waals surface area contributed by atoms with Crippen LogP contribution in [0.15, 0.2) is 27.4 Å². The van der Waals surface area contributed by atoms with E-state index in [1.54, 1.807) is 0 Å². The van der Waals surface area contributed by atoms with Crippen LogP contribution in [0.4, 0.5) is 5.69 Å². The van der Waals surface area contributed by atoms with Crippen LogP contribution < -0.4 is 10.5 Å². The summed E-state index contributed by atoms with van der Waals surface area (Å²) in [5.41, 5.74) is 3.69. The molecule has 17 heavy (non-hydrogen) atoms. The van der Waals surface area contributed by atoms with Crippen LogP contribution >= 0.6 is 0 Å². The van der Waals surface area contributed by atoms with E-state index in [2.05, 4.69) is 12.1 Å². The molecule has 1 aliphatic carbocycles. The molecule has 88 valence electrons. The minimum Gasteiger partial charge on any atom is -0.422 e. The number of hydrogen-bond acceptors (Lipinski definition) is 3. The largest absolute Gasteiger partial charge is 0.422 e. The van der Waals surface area contributed by atoms with Gasteiger partial charge in [-0.3, -0.25) is 0 Å². The van der Waals surface area contributed by atoms with E-state index in [1.165, 1.54) is 5.56 Å². The van der Waals surface area contributed by atoms with Crippen molar-refractivity contribution in [3.8, 4) is 0 Å². The monoisotopic (exact) mass is 229 g/mol. The van der Waals surface area contributed by atoms with Gasteiger partial charge in [0.05, 0.1) is 0 Å². The number of rotatable bonds is 1. The fourth-order valence-electron chi connectivity index (χ4n) is 2.55. The van der Waals surface area contributed by atoms with E-state index in [1.807, 2.05) is 25.1 Å². The first-order valence-corrected chi connectivity index (χ1v) is 5.93.